The summed E-state index contributed by atoms with van der Waals surface area (Å²) in [6, 6.07) is 28.1. The Hall–Kier alpha value is -5.65. The molecule has 0 spiro atoms. The fourth-order valence-electron chi connectivity index (χ4n) is 6.37. The molecule has 1 amide bonds. The molecule has 2 heterocycles. The molecule has 2 atom stereocenters. The summed E-state index contributed by atoms with van der Waals surface area (Å²) in [6.45, 7) is 4.52. The van der Waals surface area contributed by atoms with E-state index in [4.69, 9.17) is 9.47 Å². The van der Waals surface area contributed by atoms with Crippen molar-refractivity contribution in [2.24, 2.45) is 0 Å². The Bertz CT molecular complexity index is 1970. The first-order valence-corrected chi connectivity index (χ1v) is 18.1. The molecule has 10 nitrogen and oxygen atoms in total. The number of carbonyl (C=O) groups excluding carboxylic acids is 3. The van der Waals surface area contributed by atoms with Crippen LogP contribution in [0.25, 0.3) is 22.4 Å². The fourth-order valence-corrected chi connectivity index (χ4v) is 6.37. The van der Waals surface area contributed by atoms with E-state index >= 15 is 0 Å². The predicted molar refractivity (Wildman–Crippen MR) is 204 cm³/mol. The summed E-state index contributed by atoms with van der Waals surface area (Å²) in [5.41, 5.74) is 5.09. The standard InChI is InChI=1S/C43H46FN3O7/c1-29(2)40-39(42(51)46-34-15-7-4-8-16-34)38(30-12-5-3-6-13-30)41(31-17-19-33(44)20-18-31)47(40)23-21-35(48)26-36(49)27-37(50)53-24-9-10-25-54-43(52)32-14-11-22-45-28-32/h3-8,11-20,22,28-29,35-36,48-49H,9-10,21,23-27H2,1-2H3,(H,46,51)/t35-,36-/m1/s1. The minimum Gasteiger partial charge on any atom is -0.466 e. The summed E-state index contributed by atoms with van der Waals surface area (Å²) in [6.07, 6.45) is 1.62. The lowest BCUT2D eigenvalue weighted by atomic mass is 9.94. The molecule has 0 aliphatic carbocycles. The van der Waals surface area contributed by atoms with Crippen molar-refractivity contribution in [3.05, 3.63) is 132 Å². The molecule has 54 heavy (non-hydrogen) atoms. The normalized spacial score (nSPS) is 12.3. The van der Waals surface area contributed by atoms with E-state index < -0.39 is 30.0 Å². The molecule has 0 saturated heterocycles. The highest BCUT2D eigenvalue weighted by Crippen LogP contribution is 2.42. The second-order valence-corrected chi connectivity index (χ2v) is 13.3. The largest absolute Gasteiger partial charge is 0.466 e. The third-order valence-electron chi connectivity index (χ3n) is 8.85. The number of carbonyl (C=O) groups is 3. The van der Waals surface area contributed by atoms with Crippen molar-refractivity contribution in [2.75, 3.05) is 18.5 Å². The van der Waals surface area contributed by atoms with Crippen LogP contribution in [-0.4, -0.2) is 63.0 Å². The van der Waals surface area contributed by atoms with Crippen LogP contribution < -0.4 is 5.32 Å². The number of nitrogens with zero attached hydrogens (tertiary/aromatic N) is 2. The summed E-state index contributed by atoms with van der Waals surface area (Å²) >= 11 is 0. The van der Waals surface area contributed by atoms with Crippen LogP contribution in [0.4, 0.5) is 10.1 Å². The molecule has 0 fully saturated rings. The second-order valence-electron chi connectivity index (χ2n) is 13.3. The van der Waals surface area contributed by atoms with E-state index in [-0.39, 0.29) is 50.8 Å². The first-order chi connectivity index (χ1) is 26.1. The van der Waals surface area contributed by atoms with E-state index in [0.717, 1.165) is 11.3 Å². The van der Waals surface area contributed by atoms with E-state index in [1.807, 2.05) is 79.1 Å². The highest BCUT2D eigenvalue weighted by Gasteiger charge is 2.31. The molecule has 11 heteroatoms. The Morgan fingerprint density at radius 2 is 1.48 bits per heavy atom. The minimum absolute atomic E-state index is 0.0730. The number of amides is 1. The fraction of sp³-hybridized carbons (Fsp3) is 0.302. The van der Waals surface area contributed by atoms with Crippen LogP contribution >= 0.6 is 0 Å². The molecule has 0 aliphatic rings. The SMILES string of the molecule is CC(C)c1c(C(=O)Nc2ccccc2)c(-c2ccccc2)c(-c2ccc(F)cc2)n1CC[C@@H](O)C[C@@H](O)CC(=O)OCCCCOC(=O)c1cccnc1. The number of pyridine rings is 1. The number of halogens is 1. The van der Waals surface area contributed by atoms with Crippen LogP contribution in [0, 0.1) is 5.82 Å². The van der Waals surface area contributed by atoms with Gasteiger partial charge in [-0.25, -0.2) is 9.18 Å². The topological polar surface area (TPSA) is 140 Å². The summed E-state index contributed by atoms with van der Waals surface area (Å²) in [5, 5.41) is 24.9. The molecule has 0 bridgehead atoms. The number of ether oxygens (including phenoxy) is 2. The van der Waals surface area contributed by atoms with Crippen LogP contribution in [-0.2, 0) is 20.8 Å². The zero-order valence-electron chi connectivity index (χ0n) is 30.5. The van der Waals surface area contributed by atoms with E-state index in [2.05, 4.69) is 10.3 Å². The third-order valence-corrected chi connectivity index (χ3v) is 8.85. The number of para-hydroxylation sites is 1. The van der Waals surface area contributed by atoms with E-state index in [9.17, 15) is 29.0 Å². The first kappa shape index (κ1) is 39.6. The molecule has 2 aromatic heterocycles. The Labute approximate surface area is 314 Å². The van der Waals surface area contributed by atoms with Crippen molar-refractivity contribution in [1.82, 2.24) is 9.55 Å². The number of aliphatic hydroxyl groups excluding tert-OH is 2. The molecule has 282 valence electrons. The molecule has 0 unspecified atom stereocenters. The number of aromatic nitrogens is 2. The molecular formula is C43H46FN3O7. The van der Waals surface area contributed by atoms with Gasteiger partial charge >= 0.3 is 11.9 Å². The van der Waals surface area contributed by atoms with E-state index in [1.165, 1.54) is 18.3 Å². The lowest BCUT2D eigenvalue weighted by molar-refractivity contribution is -0.146. The van der Waals surface area contributed by atoms with Gasteiger partial charge in [0.25, 0.3) is 5.91 Å². The Balaban J connectivity index is 1.27. The number of aliphatic hydroxyl groups is 2. The van der Waals surface area contributed by atoms with Crippen molar-refractivity contribution in [1.29, 1.82) is 0 Å². The van der Waals surface area contributed by atoms with Gasteiger partial charge in [-0.05, 0) is 91.3 Å². The molecule has 0 radical (unpaired) electrons. The average Bonchev–Trinajstić information content (AvgIpc) is 3.52. The van der Waals surface area contributed by atoms with Crippen molar-refractivity contribution < 1.29 is 38.5 Å². The number of esters is 2. The molecule has 5 aromatic rings. The molecular weight excluding hydrogens is 689 g/mol. The van der Waals surface area contributed by atoms with Crippen LogP contribution in [0.2, 0.25) is 0 Å². The number of unbranched alkanes of at least 4 members (excludes halogenated alkanes) is 1. The van der Waals surface area contributed by atoms with Crippen molar-refractivity contribution in [2.45, 2.75) is 70.6 Å². The van der Waals surface area contributed by atoms with Crippen LogP contribution in [0.3, 0.4) is 0 Å². The van der Waals surface area contributed by atoms with Gasteiger partial charge in [0.05, 0.1) is 48.7 Å². The third kappa shape index (κ3) is 10.7. The monoisotopic (exact) mass is 735 g/mol. The molecule has 0 aliphatic heterocycles. The minimum atomic E-state index is -1.15. The van der Waals surface area contributed by atoms with Gasteiger partial charge in [-0.2, -0.15) is 0 Å². The van der Waals surface area contributed by atoms with Gasteiger partial charge in [-0.15, -0.1) is 0 Å². The van der Waals surface area contributed by atoms with Crippen molar-refractivity contribution in [3.63, 3.8) is 0 Å². The van der Waals surface area contributed by atoms with Crippen LogP contribution in [0.1, 0.15) is 78.3 Å². The molecule has 5 rings (SSSR count). The number of rotatable bonds is 18. The van der Waals surface area contributed by atoms with Gasteiger partial charge in [0.1, 0.15) is 5.82 Å². The molecule has 0 saturated carbocycles. The van der Waals surface area contributed by atoms with Crippen molar-refractivity contribution >= 4 is 23.5 Å². The smallest absolute Gasteiger partial charge is 0.339 e. The van der Waals surface area contributed by atoms with Gasteiger partial charge in [0.2, 0.25) is 0 Å². The van der Waals surface area contributed by atoms with Gasteiger partial charge in [0, 0.05) is 35.9 Å². The van der Waals surface area contributed by atoms with Gasteiger partial charge in [0.15, 0.2) is 0 Å². The number of benzene rings is 3. The quantitative estimate of drug-likeness (QED) is 0.0612. The van der Waals surface area contributed by atoms with Gasteiger partial charge in [-0.3, -0.25) is 14.6 Å². The Morgan fingerprint density at radius 3 is 2.13 bits per heavy atom. The number of hydrogen-bond acceptors (Lipinski definition) is 8. The first-order valence-electron chi connectivity index (χ1n) is 18.1. The number of nitrogens with one attached hydrogen (secondary N) is 1. The van der Waals surface area contributed by atoms with E-state index in [0.29, 0.717) is 46.5 Å². The van der Waals surface area contributed by atoms with Gasteiger partial charge < -0.3 is 29.6 Å². The molecule has 3 N–H and O–H groups in total. The zero-order valence-corrected chi connectivity index (χ0v) is 30.5. The highest BCUT2D eigenvalue weighted by atomic mass is 19.1. The highest BCUT2D eigenvalue weighted by molar-refractivity contribution is 6.12. The Kier molecular flexibility index (Phi) is 14.2. The predicted octanol–water partition coefficient (Wildman–Crippen LogP) is 7.80. The summed E-state index contributed by atoms with van der Waals surface area (Å²) in [4.78, 5) is 42.6. The van der Waals surface area contributed by atoms with E-state index in [1.54, 1.807) is 30.5 Å². The summed E-state index contributed by atoms with van der Waals surface area (Å²) in [7, 11) is 0. The molecule has 3 aromatic carbocycles. The van der Waals surface area contributed by atoms with Gasteiger partial charge in [-0.1, -0.05) is 62.4 Å². The zero-order chi connectivity index (χ0) is 38.5. The number of anilines is 1. The van der Waals surface area contributed by atoms with Crippen LogP contribution in [0.5, 0.6) is 0 Å². The van der Waals surface area contributed by atoms with Crippen LogP contribution in [0.15, 0.2) is 109 Å². The lowest BCUT2D eigenvalue weighted by Gasteiger charge is -2.20. The lowest BCUT2D eigenvalue weighted by Crippen LogP contribution is -2.23. The maximum absolute atomic E-state index is 14.2. The summed E-state index contributed by atoms with van der Waals surface area (Å²) in [5.74, 6) is -1.91. The second kappa shape index (κ2) is 19.4. The summed E-state index contributed by atoms with van der Waals surface area (Å²) < 4.78 is 26.7. The Morgan fingerprint density at radius 1 is 0.815 bits per heavy atom. The average molecular weight is 736 g/mol. The number of hydrogen-bond donors (Lipinski definition) is 3. The van der Waals surface area contributed by atoms with Crippen molar-refractivity contribution in [3.8, 4) is 22.4 Å². The maximum Gasteiger partial charge on any atom is 0.339 e. The maximum atomic E-state index is 14.2.